The lowest BCUT2D eigenvalue weighted by Crippen LogP contribution is -2.40. The van der Waals surface area contributed by atoms with Crippen molar-refractivity contribution < 1.29 is 18.3 Å². The number of carbonyl (C=O) groups is 1. The average molecular weight is 258 g/mol. The van der Waals surface area contributed by atoms with Gasteiger partial charge in [-0.15, -0.1) is 0 Å². The Kier molecular flexibility index (Phi) is 4.61. The molecule has 18 heavy (non-hydrogen) atoms. The van der Waals surface area contributed by atoms with E-state index in [0.29, 0.717) is 0 Å². The van der Waals surface area contributed by atoms with Gasteiger partial charge in [0, 0.05) is 12.0 Å². The molecule has 0 saturated heterocycles. The molecular weight excluding hydrogens is 242 g/mol. The van der Waals surface area contributed by atoms with E-state index in [9.17, 15) is 13.6 Å². The summed E-state index contributed by atoms with van der Waals surface area (Å²) in [5, 5.41) is 3.00. The minimum atomic E-state index is -2.85. The second kappa shape index (κ2) is 5.77. The number of nitrogens with two attached hydrogens (primary N) is 1. The van der Waals surface area contributed by atoms with Crippen molar-refractivity contribution in [2.45, 2.75) is 25.5 Å². The van der Waals surface area contributed by atoms with Crippen molar-refractivity contribution in [1.29, 1.82) is 0 Å². The molecule has 0 radical (unpaired) electrons. The Balaban J connectivity index is 2.91. The van der Waals surface area contributed by atoms with Gasteiger partial charge >= 0.3 is 6.61 Å². The fourth-order valence-electron chi connectivity index (χ4n) is 1.69. The van der Waals surface area contributed by atoms with Crippen LogP contribution in [-0.2, 0) is 10.3 Å². The van der Waals surface area contributed by atoms with Gasteiger partial charge in [0.2, 0.25) is 5.91 Å². The Labute approximate surface area is 104 Å². The summed E-state index contributed by atoms with van der Waals surface area (Å²) in [7, 11) is 1.70. The first-order valence-corrected chi connectivity index (χ1v) is 5.40. The Bertz CT molecular complexity index is 409. The van der Waals surface area contributed by atoms with Crippen LogP contribution < -0.4 is 15.8 Å². The Morgan fingerprint density at radius 3 is 2.39 bits per heavy atom. The highest BCUT2D eigenvalue weighted by Crippen LogP contribution is 2.26. The standard InChI is InChI=1S/C12H16F2N2O2/c1-12(16-2,7-10(15)17)8-3-5-9(6-4-8)18-11(13)14/h3-6,11,16H,7H2,1-2H3,(H2,15,17). The van der Waals surface area contributed by atoms with Crippen molar-refractivity contribution in [3.8, 4) is 5.75 Å². The predicted molar refractivity (Wildman–Crippen MR) is 63.3 cm³/mol. The maximum atomic E-state index is 12.0. The minimum absolute atomic E-state index is 0.0753. The monoisotopic (exact) mass is 258 g/mol. The molecule has 1 atom stereocenters. The molecule has 1 amide bonds. The third-order valence-electron chi connectivity index (χ3n) is 2.80. The van der Waals surface area contributed by atoms with Gasteiger partial charge in [-0.3, -0.25) is 4.79 Å². The summed E-state index contributed by atoms with van der Waals surface area (Å²) >= 11 is 0. The third kappa shape index (κ3) is 3.66. The van der Waals surface area contributed by atoms with Crippen LogP contribution in [0.3, 0.4) is 0 Å². The van der Waals surface area contributed by atoms with E-state index in [1.54, 1.807) is 26.1 Å². The number of hydrogen-bond acceptors (Lipinski definition) is 3. The van der Waals surface area contributed by atoms with Crippen molar-refractivity contribution in [1.82, 2.24) is 5.32 Å². The molecular formula is C12H16F2N2O2. The molecule has 100 valence electrons. The Morgan fingerprint density at radius 2 is 2.00 bits per heavy atom. The average Bonchev–Trinajstić information content (AvgIpc) is 2.28. The van der Waals surface area contributed by atoms with Crippen LogP contribution in [0.4, 0.5) is 8.78 Å². The molecule has 1 aromatic carbocycles. The summed E-state index contributed by atoms with van der Waals surface area (Å²) in [5.74, 6) is -0.369. The first kappa shape index (κ1) is 14.4. The van der Waals surface area contributed by atoms with Gasteiger partial charge in [-0.2, -0.15) is 8.78 Å². The van der Waals surface area contributed by atoms with Gasteiger partial charge in [0.1, 0.15) is 5.75 Å². The zero-order valence-electron chi connectivity index (χ0n) is 10.2. The number of amides is 1. The van der Waals surface area contributed by atoms with E-state index in [1.165, 1.54) is 12.1 Å². The molecule has 0 aliphatic rings. The number of alkyl halides is 2. The summed E-state index contributed by atoms with van der Waals surface area (Å²) in [6.07, 6.45) is 0.110. The van der Waals surface area contributed by atoms with Gasteiger partial charge in [-0.05, 0) is 31.7 Å². The van der Waals surface area contributed by atoms with E-state index >= 15 is 0 Å². The van der Waals surface area contributed by atoms with E-state index in [2.05, 4.69) is 10.1 Å². The van der Waals surface area contributed by atoms with Crippen molar-refractivity contribution in [3.05, 3.63) is 29.8 Å². The van der Waals surface area contributed by atoms with Crippen molar-refractivity contribution in [3.63, 3.8) is 0 Å². The highest BCUT2D eigenvalue weighted by atomic mass is 19.3. The molecule has 3 N–H and O–H groups in total. The summed E-state index contributed by atoms with van der Waals surface area (Å²) < 4.78 is 28.2. The van der Waals surface area contributed by atoms with Crippen molar-refractivity contribution >= 4 is 5.91 Å². The van der Waals surface area contributed by atoms with E-state index < -0.39 is 18.1 Å². The van der Waals surface area contributed by atoms with Crippen LogP contribution in [0.1, 0.15) is 18.9 Å². The maximum absolute atomic E-state index is 12.0. The quantitative estimate of drug-likeness (QED) is 0.814. The minimum Gasteiger partial charge on any atom is -0.435 e. The lowest BCUT2D eigenvalue weighted by atomic mass is 9.88. The van der Waals surface area contributed by atoms with E-state index in [0.717, 1.165) is 5.56 Å². The Hall–Kier alpha value is -1.69. The lowest BCUT2D eigenvalue weighted by Gasteiger charge is -2.28. The summed E-state index contributed by atoms with van der Waals surface area (Å²) in [6, 6.07) is 6.10. The smallest absolute Gasteiger partial charge is 0.387 e. The molecule has 0 saturated carbocycles. The summed E-state index contributed by atoms with van der Waals surface area (Å²) in [6.45, 7) is -1.04. The van der Waals surface area contributed by atoms with Crippen LogP contribution in [0.5, 0.6) is 5.75 Å². The van der Waals surface area contributed by atoms with Crippen LogP contribution in [0, 0.1) is 0 Å². The van der Waals surface area contributed by atoms with Gasteiger partial charge in [-0.25, -0.2) is 0 Å². The zero-order chi connectivity index (χ0) is 13.8. The van der Waals surface area contributed by atoms with Gasteiger partial charge in [-0.1, -0.05) is 12.1 Å². The van der Waals surface area contributed by atoms with Crippen LogP contribution in [0.2, 0.25) is 0 Å². The number of hydrogen-bond donors (Lipinski definition) is 2. The molecule has 0 aliphatic carbocycles. The molecule has 6 heteroatoms. The number of primary amides is 1. The van der Waals surface area contributed by atoms with Crippen LogP contribution >= 0.6 is 0 Å². The molecule has 0 aliphatic heterocycles. The summed E-state index contributed by atoms with van der Waals surface area (Å²) in [4.78, 5) is 11.0. The van der Waals surface area contributed by atoms with E-state index in [1.807, 2.05) is 0 Å². The second-order valence-electron chi connectivity index (χ2n) is 4.13. The molecule has 0 heterocycles. The van der Waals surface area contributed by atoms with Gasteiger partial charge < -0.3 is 15.8 Å². The lowest BCUT2D eigenvalue weighted by molar-refractivity contribution is -0.119. The number of nitrogens with one attached hydrogen (secondary N) is 1. The van der Waals surface area contributed by atoms with Crippen molar-refractivity contribution in [2.75, 3.05) is 7.05 Å². The predicted octanol–water partition coefficient (Wildman–Crippen LogP) is 1.60. The SMILES string of the molecule is CNC(C)(CC(N)=O)c1ccc(OC(F)F)cc1. The molecule has 4 nitrogen and oxygen atoms in total. The maximum Gasteiger partial charge on any atom is 0.387 e. The van der Waals surface area contributed by atoms with E-state index in [4.69, 9.17) is 5.73 Å². The zero-order valence-corrected chi connectivity index (χ0v) is 10.2. The van der Waals surface area contributed by atoms with Gasteiger partial charge in [0.25, 0.3) is 0 Å². The van der Waals surface area contributed by atoms with Crippen molar-refractivity contribution in [2.24, 2.45) is 5.73 Å². The number of rotatable bonds is 6. The molecule has 0 aromatic heterocycles. The van der Waals surface area contributed by atoms with Crippen LogP contribution in [-0.4, -0.2) is 19.6 Å². The van der Waals surface area contributed by atoms with Crippen LogP contribution in [0.25, 0.3) is 0 Å². The number of benzene rings is 1. The fraction of sp³-hybridized carbons (Fsp3) is 0.417. The summed E-state index contributed by atoms with van der Waals surface area (Å²) in [5.41, 5.74) is 5.32. The highest BCUT2D eigenvalue weighted by molar-refractivity contribution is 5.75. The first-order chi connectivity index (χ1) is 8.37. The number of ether oxygens (including phenoxy) is 1. The molecule has 0 bridgehead atoms. The number of carbonyl (C=O) groups excluding carboxylic acids is 1. The normalized spacial score (nSPS) is 14.3. The van der Waals surface area contributed by atoms with Gasteiger partial charge in [0.15, 0.2) is 0 Å². The van der Waals surface area contributed by atoms with Crippen LogP contribution in [0.15, 0.2) is 24.3 Å². The fourth-order valence-corrected chi connectivity index (χ4v) is 1.69. The molecule has 0 fully saturated rings. The Morgan fingerprint density at radius 1 is 1.44 bits per heavy atom. The molecule has 0 spiro atoms. The topological polar surface area (TPSA) is 64.3 Å². The highest BCUT2D eigenvalue weighted by Gasteiger charge is 2.26. The third-order valence-corrected chi connectivity index (χ3v) is 2.80. The number of halogens is 2. The molecule has 1 aromatic rings. The molecule has 1 unspecified atom stereocenters. The van der Waals surface area contributed by atoms with Gasteiger partial charge in [0.05, 0.1) is 0 Å². The van der Waals surface area contributed by atoms with E-state index in [-0.39, 0.29) is 12.2 Å². The largest absolute Gasteiger partial charge is 0.435 e. The second-order valence-corrected chi connectivity index (χ2v) is 4.13. The molecule has 1 rings (SSSR count). The first-order valence-electron chi connectivity index (χ1n) is 5.40.